The molecule has 1 fully saturated rings. The van der Waals surface area contributed by atoms with Crippen molar-refractivity contribution in [1.82, 2.24) is 51.0 Å². The SMILES string of the molecule is Cc1ccc(-n2nnnc2CNC(=O)NCc2nnnn2C2CCCCC2)cc1C. The third kappa shape index (κ3) is 4.44. The standard InChI is InChI=1S/C19H26N10O/c1-13-8-9-16(10-14(13)2)29-18(23-25-27-29)12-21-19(30)20-11-17-22-24-26-28(17)15-6-4-3-5-7-15/h8-10,15H,3-7,11-12H2,1-2H3,(H2,20,21,30). The van der Waals surface area contributed by atoms with Gasteiger partial charge in [-0.25, -0.2) is 9.48 Å². The van der Waals surface area contributed by atoms with Gasteiger partial charge in [-0.2, -0.15) is 4.68 Å². The number of urea groups is 1. The highest BCUT2D eigenvalue weighted by atomic mass is 16.2. The summed E-state index contributed by atoms with van der Waals surface area (Å²) in [5.41, 5.74) is 3.20. The van der Waals surface area contributed by atoms with E-state index >= 15 is 0 Å². The van der Waals surface area contributed by atoms with E-state index in [9.17, 15) is 4.79 Å². The Morgan fingerprint density at radius 1 is 0.967 bits per heavy atom. The molecule has 0 unspecified atom stereocenters. The van der Waals surface area contributed by atoms with Crippen LogP contribution in [-0.4, -0.2) is 46.4 Å². The Hall–Kier alpha value is -3.37. The molecule has 1 aliphatic rings. The Morgan fingerprint density at radius 3 is 2.43 bits per heavy atom. The summed E-state index contributed by atoms with van der Waals surface area (Å²) in [6, 6.07) is 5.97. The highest BCUT2D eigenvalue weighted by Gasteiger charge is 2.20. The van der Waals surface area contributed by atoms with Gasteiger partial charge >= 0.3 is 6.03 Å². The largest absolute Gasteiger partial charge is 0.331 e. The molecule has 2 heterocycles. The first-order chi connectivity index (χ1) is 14.6. The van der Waals surface area contributed by atoms with Gasteiger partial charge in [0.2, 0.25) is 0 Å². The fourth-order valence-corrected chi connectivity index (χ4v) is 3.69. The third-order valence-corrected chi connectivity index (χ3v) is 5.56. The van der Waals surface area contributed by atoms with Crippen molar-refractivity contribution in [3.63, 3.8) is 0 Å². The number of nitrogens with one attached hydrogen (secondary N) is 2. The second-order valence-corrected chi connectivity index (χ2v) is 7.64. The first-order valence-corrected chi connectivity index (χ1v) is 10.2. The van der Waals surface area contributed by atoms with Crippen LogP contribution < -0.4 is 10.6 Å². The van der Waals surface area contributed by atoms with Crippen LogP contribution in [-0.2, 0) is 13.1 Å². The van der Waals surface area contributed by atoms with Crippen LogP contribution in [0.3, 0.4) is 0 Å². The van der Waals surface area contributed by atoms with Gasteiger partial charge in [0.25, 0.3) is 0 Å². The van der Waals surface area contributed by atoms with Crippen LogP contribution >= 0.6 is 0 Å². The number of aromatic nitrogens is 8. The van der Waals surface area contributed by atoms with Gasteiger partial charge in [-0.05, 0) is 70.8 Å². The highest BCUT2D eigenvalue weighted by molar-refractivity contribution is 5.73. The maximum Gasteiger partial charge on any atom is 0.315 e. The lowest BCUT2D eigenvalue weighted by atomic mass is 9.96. The summed E-state index contributed by atoms with van der Waals surface area (Å²) in [6.07, 6.45) is 5.78. The van der Waals surface area contributed by atoms with Crippen molar-refractivity contribution < 1.29 is 4.79 Å². The van der Waals surface area contributed by atoms with Gasteiger partial charge in [-0.15, -0.1) is 10.2 Å². The van der Waals surface area contributed by atoms with Crippen LogP contribution in [0.2, 0.25) is 0 Å². The molecule has 158 valence electrons. The fraction of sp³-hybridized carbons (Fsp3) is 0.526. The molecule has 2 aromatic heterocycles. The quantitative estimate of drug-likeness (QED) is 0.634. The van der Waals surface area contributed by atoms with E-state index in [1.54, 1.807) is 4.68 Å². The maximum atomic E-state index is 12.3. The van der Waals surface area contributed by atoms with E-state index in [2.05, 4.69) is 48.6 Å². The summed E-state index contributed by atoms with van der Waals surface area (Å²) in [5.74, 6) is 1.21. The van der Waals surface area contributed by atoms with Crippen molar-refractivity contribution in [2.45, 2.75) is 65.1 Å². The Labute approximate surface area is 174 Å². The Balaban J connectivity index is 1.33. The average molecular weight is 410 g/mol. The molecule has 11 heteroatoms. The van der Waals surface area contributed by atoms with E-state index in [1.807, 2.05) is 29.8 Å². The van der Waals surface area contributed by atoms with Gasteiger partial charge in [-0.1, -0.05) is 25.3 Å². The van der Waals surface area contributed by atoms with Crippen molar-refractivity contribution in [3.8, 4) is 5.69 Å². The van der Waals surface area contributed by atoms with Gasteiger partial charge in [0.05, 0.1) is 24.8 Å². The van der Waals surface area contributed by atoms with Crippen molar-refractivity contribution >= 4 is 6.03 Å². The van der Waals surface area contributed by atoms with E-state index < -0.39 is 0 Å². The molecule has 0 bridgehead atoms. The lowest BCUT2D eigenvalue weighted by Gasteiger charge is -2.22. The highest BCUT2D eigenvalue weighted by Crippen LogP contribution is 2.27. The van der Waals surface area contributed by atoms with E-state index in [1.165, 1.54) is 24.8 Å². The number of carbonyl (C=O) groups excluding carboxylic acids is 1. The van der Waals surface area contributed by atoms with E-state index in [0.29, 0.717) is 17.7 Å². The number of carbonyl (C=O) groups is 1. The van der Waals surface area contributed by atoms with Crippen molar-refractivity contribution in [2.24, 2.45) is 0 Å². The zero-order chi connectivity index (χ0) is 20.9. The number of hydrogen-bond acceptors (Lipinski definition) is 7. The minimum atomic E-state index is -0.331. The molecule has 2 amide bonds. The summed E-state index contributed by atoms with van der Waals surface area (Å²) in [5, 5.41) is 29.4. The number of nitrogens with zero attached hydrogens (tertiary/aromatic N) is 8. The lowest BCUT2D eigenvalue weighted by Crippen LogP contribution is -2.36. The molecule has 30 heavy (non-hydrogen) atoms. The molecule has 1 aliphatic carbocycles. The van der Waals surface area contributed by atoms with Crippen LogP contribution in [0.1, 0.15) is 60.9 Å². The first kappa shape index (κ1) is 19.9. The van der Waals surface area contributed by atoms with Crippen LogP contribution in [0.5, 0.6) is 0 Å². The summed E-state index contributed by atoms with van der Waals surface area (Å²) in [4.78, 5) is 12.3. The van der Waals surface area contributed by atoms with Gasteiger partial charge in [0.15, 0.2) is 11.6 Å². The number of tetrazole rings is 2. The molecule has 3 aromatic rings. The molecule has 11 nitrogen and oxygen atoms in total. The average Bonchev–Trinajstić information content (AvgIpc) is 3.43. The predicted molar refractivity (Wildman–Crippen MR) is 108 cm³/mol. The van der Waals surface area contributed by atoms with Gasteiger partial charge in [0, 0.05) is 0 Å². The maximum absolute atomic E-state index is 12.3. The molecule has 4 rings (SSSR count). The minimum Gasteiger partial charge on any atom is -0.331 e. The van der Waals surface area contributed by atoms with Crippen LogP contribution in [0.25, 0.3) is 5.69 Å². The van der Waals surface area contributed by atoms with E-state index in [4.69, 9.17) is 0 Å². The second kappa shape index (κ2) is 8.97. The number of benzene rings is 1. The second-order valence-electron chi connectivity index (χ2n) is 7.64. The monoisotopic (exact) mass is 410 g/mol. The van der Waals surface area contributed by atoms with Crippen molar-refractivity contribution in [2.75, 3.05) is 0 Å². The normalized spacial score (nSPS) is 14.6. The van der Waals surface area contributed by atoms with E-state index in [-0.39, 0.29) is 19.1 Å². The summed E-state index contributed by atoms with van der Waals surface area (Å²) in [7, 11) is 0. The van der Waals surface area contributed by atoms with Gasteiger partial charge in [-0.3, -0.25) is 0 Å². The minimum absolute atomic E-state index is 0.194. The number of aryl methyl sites for hydroxylation is 2. The summed E-state index contributed by atoms with van der Waals surface area (Å²) >= 11 is 0. The topological polar surface area (TPSA) is 128 Å². The predicted octanol–water partition coefficient (Wildman–Crippen LogP) is 1.77. The molecule has 0 atom stereocenters. The number of hydrogen-bond donors (Lipinski definition) is 2. The lowest BCUT2D eigenvalue weighted by molar-refractivity contribution is 0.238. The molecule has 0 radical (unpaired) electrons. The van der Waals surface area contributed by atoms with E-state index in [0.717, 1.165) is 24.1 Å². The Morgan fingerprint density at radius 2 is 1.67 bits per heavy atom. The first-order valence-electron chi connectivity index (χ1n) is 10.2. The van der Waals surface area contributed by atoms with Crippen molar-refractivity contribution in [3.05, 3.63) is 41.0 Å². The third-order valence-electron chi connectivity index (χ3n) is 5.56. The summed E-state index contributed by atoms with van der Waals surface area (Å²) < 4.78 is 3.47. The van der Waals surface area contributed by atoms with Crippen LogP contribution in [0.15, 0.2) is 18.2 Å². The van der Waals surface area contributed by atoms with Crippen molar-refractivity contribution in [1.29, 1.82) is 0 Å². The smallest absolute Gasteiger partial charge is 0.315 e. The zero-order valence-corrected chi connectivity index (χ0v) is 17.2. The van der Waals surface area contributed by atoms with Gasteiger partial charge < -0.3 is 10.6 Å². The summed E-state index contributed by atoms with van der Waals surface area (Å²) in [6.45, 7) is 4.54. The fourth-order valence-electron chi connectivity index (χ4n) is 3.69. The van der Waals surface area contributed by atoms with Crippen LogP contribution in [0.4, 0.5) is 4.79 Å². The molecule has 2 N–H and O–H groups in total. The van der Waals surface area contributed by atoms with Gasteiger partial charge in [0.1, 0.15) is 0 Å². The molecule has 0 saturated heterocycles. The zero-order valence-electron chi connectivity index (χ0n) is 17.2. The molecular formula is C19H26N10O. The Kier molecular flexibility index (Phi) is 5.96. The van der Waals surface area contributed by atoms with Crippen LogP contribution in [0, 0.1) is 13.8 Å². The molecule has 1 aromatic carbocycles. The molecule has 0 spiro atoms. The number of rotatable bonds is 6. The molecule has 1 saturated carbocycles. The Bertz CT molecular complexity index is 1000. The number of amides is 2. The molecule has 0 aliphatic heterocycles. The molecular weight excluding hydrogens is 384 g/mol.